The molecule has 12 heavy (non-hydrogen) atoms. The normalized spacial score (nSPS) is 14.6. The van der Waals surface area contributed by atoms with Gasteiger partial charge < -0.3 is 9.47 Å². The predicted molar refractivity (Wildman–Crippen MR) is 42.5 cm³/mol. The molecule has 0 radical (unpaired) electrons. The third-order valence-electron chi connectivity index (χ3n) is 1.48. The summed E-state index contributed by atoms with van der Waals surface area (Å²) in [5.41, 5.74) is 0. The summed E-state index contributed by atoms with van der Waals surface area (Å²) in [6.45, 7) is 5.40. The van der Waals surface area contributed by atoms with Crippen LogP contribution >= 0.6 is 0 Å². The average molecular weight is 174 g/mol. The van der Waals surface area contributed by atoms with E-state index in [-0.39, 0.29) is 12.6 Å². The summed E-state index contributed by atoms with van der Waals surface area (Å²) in [5, 5.41) is 0. The molecule has 0 heterocycles. The van der Waals surface area contributed by atoms with E-state index in [2.05, 4.69) is 4.74 Å². The van der Waals surface area contributed by atoms with E-state index < -0.39 is 12.1 Å². The third-order valence-corrected chi connectivity index (χ3v) is 1.48. The lowest BCUT2D eigenvalue weighted by molar-refractivity contribution is -0.164. The molecule has 0 saturated heterocycles. The predicted octanol–water partition coefficient (Wildman–Crippen LogP) is 0.890. The van der Waals surface area contributed by atoms with Gasteiger partial charge in [-0.05, 0) is 20.3 Å². The highest BCUT2D eigenvalue weighted by Gasteiger charge is 2.16. The van der Waals surface area contributed by atoms with Gasteiger partial charge in [0.1, 0.15) is 0 Å². The van der Waals surface area contributed by atoms with Gasteiger partial charge in [-0.1, -0.05) is 6.92 Å². The van der Waals surface area contributed by atoms with Crippen molar-refractivity contribution in [3.8, 4) is 0 Å². The molecular weight excluding hydrogens is 160 g/mol. The smallest absolute Gasteiger partial charge is 0.347 e. The Morgan fingerprint density at radius 1 is 1.50 bits per heavy atom. The van der Waals surface area contributed by atoms with Crippen molar-refractivity contribution >= 4 is 12.4 Å². The zero-order valence-corrected chi connectivity index (χ0v) is 7.57. The van der Waals surface area contributed by atoms with Crippen LogP contribution in [0.1, 0.15) is 27.2 Å². The summed E-state index contributed by atoms with van der Waals surface area (Å²) < 4.78 is 9.28. The molecule has 0 aromatic carbocycles. The maximum atomic E-state index is 11.0. The number of esters is 1. The van der Waals surface area contributed by atoms with Crippen molar-refractivity contribution < 1.29 is 19.1 Å². The van der Waals surface area contributed by atoms with Crippen LogP contribution < -0.4 is 0 Å². The van der Waals surface area contributed by atoms with Crippen LogP contribution in [0.2, 0.25) is 0 Å². The molecule has 2 unspecified atom stereocenters. The van der Waals surface area contributed by atoms with Crippen molar-refractivity contribution in [1.29, 1.82) is 0 Å². The first kappa shape index (κ1) is 10.9. The first-order chi connectivity index (χ1) is 5.61. The van der Waals surface area contributed by atoms with Crippen molar-refractivity contribution in [2.75, 3.05) is 0 Å². The van der Waals surface area contributed by atoms with Crippen LogP contribution in [-0.4, -0.2) is 24.6 Å². The number of hydrogen-bond acceptors (Lipinski definition) is 4. The van der Waals surface area contributed by atoms with E-state index in [4.69, 9.17) is 4.74 Å². The van der Waals surface area contributed by atoms with Crippen LogP contribution in [0.5, 0.6) is 0 Å². The van der Waals surface area contributed by atoms with Crippen LogP contribution in [0.15, 0.2) is 0 Å². The number of hydrogen-bond donors (Lipinski definition) is 0. The largest absolute Gasteiger partial charge is 0.460 e. The van der Waals surface area contributed by atoms with Crippen molar-refractivity contribution in [2.45, 2.75) is 39.4 Å². The van der Waals surface area contributed by atoms with Crippen LogP contribution in [0.25, 0.3) is 0 Å². The lowest BCUT2D eigenvalue weighted by atomic mass is 10.3. The minimum absolute atomic E-state index is 0.129. The molecule has 2 atom stereocenters. The number of rotatable bonds is 5. The Balaban J connectivity index is 3.77. The van der Waals surface area contributed by atoms with Gasteiger partial charge in [-0.3, -0.25) is 4.79 Å². The standard InChI is InChI=1S/C8H14O4/c1-4-6(2)12-8(10)7(3)11-5-9/h5-7H,4H2,1-3H3. The van der Waals surface area contributed by atoms with E-state index in [1.54, 1.807) is 6.92 Å². The van der Waals surface area contributed by atoms with Gasteiger partial charge in [-0.15, -0.1) is 0 Å². The summed E-state index contributed by atoms with van der Waals surface area (Å²) in [6.07, 6.45) is -0.189. The van der Waals surface area contributed by atoms with Crippen LogP contribution in [0, 0.1) is 0 Å². The third kappa shape index (κ3) is 3.95. The molecule has 0 fully saturated rings. The van der Waals surface area contributed by atoms with Crippen LogP contribution in [0.4, 0.5) is 0 Å². The van der Waals surface area contributed by atoms with E-state index in [1.807, 2.05) is 6.92 Å². The average Bonchev–Trinajstić information content (AvgIpc) is 2.04. The fraction of sp³-hybridized carbons (Fsp3) is 0.750. The summed E-state index contributed by atoms with van der Waals surface area (Å²) >= 11 is 0. The van der Waals surface area contributed by atoms with Crippen molar-refractivity contribution in [1.82, 2.24) is 0 Å². The van der Waals surface area contributed by atoms with Gasteiger partial charge in [0.05, 0.1) is 6.10 Å². The van der Waals surface area contributed by atoms with Gasteiger partial charge in [-0.2, -0.15) is 0 Å². The molecular formula is C8H14O4. The Morgan fingerprint density at radius 3 is 2.50 bits per heavy atom. The quantitative estimate of drug-likeness (QED) is 0.458. The van der Waals surface area contributed by atoms with Gasteiger partial charge in [0.15, 0.2) is 6.10 Å². The molecule has 0 saturated carbocycles. The number of carbonyl (C=O) groups excluding carboxylic acids is 2. The fourth-order valence-corrected chi connectivity index (χ4v) is 0.516. The molecule has 0 N–H and O–H groups in total. The van der Waals surface area contributed by atoms with Crippen molar-refractivity contribution in [2.24, 2.45) is 0 Å². The van der Waals surface area contributed by atoms with Crippen molar-refractivity contribution in [3.05, 3.63) is 0 Å². The van der Waals surface area contributed by atoms with Gasteiger partial charge in [-0.25, -0.2) is 4.79 Å². The van der Waals surface area contributed by atoms with E-state index in [0.717, 1.165) is 6.42 Å². The van der Waals surface area contributed by atoms with E-state index >= 15 is 0 Å². The molecule has 0 aliphatic heterocycles. The van der Waals surface area contributed by atoms with Gasteiger partial charge >= 0.3 is 5.97 Å². The molecule has 0 aromatic heterocycles. The van der Waals surface area contributed by atoms with Crippen molar-refractivity contribution in [3.63, 3.8) is 0 Å². The summed E-state index contributed by atoms with van der Waals surface area (Å²) in [7, 11) is 0. The Bertz CT molecular complexity index is 155. The molecule has 4 heteroatoms. The zero-order chi connectivity index (χ0) is 9.56. The molecule has 0 rings (SSSR count). The summed E-state index contributed by atoms with van der Waals surface area (Å²) in [5.74, 6) is -0.503. The lowest BCUT2D eigenvalue weighted by Crippen LogP contribution is -2.26. The Morgan fingerprint density at radius 2 is 2.08 bits per heavy atom. The van der Waals surface area contributed by atoms with Gasteiger partial charge in [0.2, 0.25) is 0 Å². The summed E-state index contributed by atoms with van der Waals surface area (Å²) in [4.78, 5) is 20.8. The molecule has 4 nitrogen and oxygen atoms in total. The minimum Gasteiger partial charge on any atom is -0.460 e. The Hall–Kier alpha value is -1.06. The van der Waals surface area contributed by atoms with Gasteiger partial charge in [0.25, 0.3) is 6.47 Å². The maximum absolute atomic E-state index is 11.0. The molecule has 0 aliphatic carbocycles. The Labute approximate surface area is 71.8 Å². The molecule has 0 bridgehead atoms. The monoisotopic (exact) mass is 174 g/mol. The topological polar surface area (TPSA) is 52.6 Å². The van der Waals surface area contributed by atoms with E-state index in [9.17, 15) is 9.59 Å². The van der Waals surface area contributed by atoms with Crippen LogP contribution in [-0.2, 0) is 19.1 Å². The molecule has 0 aromatic rings. The zero-order valence-electron chi connectivity index (χ0n) is 7.57. The summed E-state index contributed by atoms with van der Waals surface area (Å²) in [6, 6.07) is 0. The molecule has 0 amide bonds. The minimum atomic E-state index is -0.809. The molecule has 0 spiro atoms. The second-order valence-corrected chi connectivity index (χ2v) is 2.53. The first-order valence-corrected chi connectivity index (χ1v) is 3.91. The SMILES string of the molecule is CCC(C)OC(=O)C(C)OC=O. The van der Waals surface area contributed by atoms with E-state index in [0.29, 0.717) is 0 Å². The highest BCUT2D eigenvalue weighted by atomic mass is 16.6. The second-order valence-electron chi connectivity index (χ2n) is 2.53. The highest BCUT2D eigenvalue weighted by molar-refractivity contribution is 5.75. The number of ether oxygens (including phenoxy) is 2. The first-order valence-electron chi connectivity index (χ1n) is 3.91. The molecule has 0 aliphatic rings. The van der Waals surface area contributed by atoms with Crippen LogP contribution in [0.3, 0.4) is 0 Å². The maximum Gasteiger partial charge on any atom is 0.347 e. The highest BCUT2D eigenvalue weighted by Crippen LogP contribution is 2.00. The molecule has 70 valence electrons. The lowest BCUT2D eigenvalue weighted by Gasteiger charge is -2.13. The fourth-order valence-electron chi connectivity index (χ4n) is 0.516. The number of carbonyl (C=O) groups is 2. The van der Waals surface area contributed by atoms with E-state index in [1.165, 1.54) is 6.92 Å². The van der Waals surface area contributed by atoms with Gasteiger partial charge in [0, 0.05) is 0 Å². The Kier molecular flexibility index (Phi) is 5.08. The second kappa shape index (κ2) is 5.57.